The first-order valence-corrected chi connectivity index (χ1v) is 6.44. The Morgan fingerprint density at radius 2 is 2.00 bits per heavy atom. The minimum atomic E-state index is 0.263. The van der Waals surface area contributed by atoms with Gasteiger partial charge in [0.1, 0.15) is 5.78 Å². The molecule has 3 atom stereocenters. The molecule has 0 aliphatic heterocycles. The summed E-state index contributed by atoms with van der Waals surface area (Å²) >= 11 is 0. The lowest BCUT2D eigenvalue weighted by molar-refractivity contribution is -0.131. The monoisotopic (exact) mass is 208 g/mol. The predicted octanol–water partition coefficient (Wildman–Crippen LogP) is 3.82. The average Bonchev–Trinajstić information content (AvgIpc) is 2.55. The van der Waals surface area contributed by atoms with E-state index < -0.39 is 0 Å². The smallest absolute Gasteiger partial charge is 0.137 e. The van der Waals surface area contributed by atoms with Crippen molar-refractivity contribution in [1.29, 1.82) is 0 Å². The van der Waals surface area contributed by atoms with Crippen molar-refractivity contribution in [3.8, 4) is 0 Å². The first-order valence-electron chi connectivity index (χ1n) is 6.44. The van der Waals surface area contributed by atoms with Gasteiger partial charge in [-0.25, -0.2) is 0 Å². The van der Waals surface area contributed by atoms with Gasteiger partial charge in [0.15, 0.2) is 0 Å². The zero-order valence-corrected chi connectivity index (χ0v) is 10.6. The zero-order chi connectivity index (χ0) is 11.3. The molecule has 0 amide bonds. The summed E-state index contributed by atoms with van der Waals surface area (Å²) in [6.07, 6.45) is 5.71. The van der Waals surface area contributed by atoms with Gasteiger partial charge >= 0.3 is 0 Å². The van der Waals surface area contributed by atoms with E-state index in [4.69, 9.17) is 0 Å². The molecule has 15 heavy (non-hydrogen) atoms. The van der Waals surface area contributed by atoms with Crippen LogP contribution in [0.25, 0.3) is 0 Å². The molecule has 2 aliphatic rings. The Bertz CT molecular complexity index is 274. The Balaban J connectivity index is 2.26. The Hall–Kier alpha value is -0.330. The molecule has 0 aromatic heterocycles. The van der Waals surface area contributed by atoms with Gasteiger partial charge in [0.2, 0.25) is 0 Å². The normalized spacial score (nSPS) is 42.1. The summed E-state index contributed by atoms with van der Waals surface area (Å²) in [5.74, 6) is 1.67. The van der Waals surface area contributed by atoms with E-state index in [-0.39, 0.29) is 5.41 Å². The van der Waals surface area contributed by atoms with Crippen LogP contribution in [0.5, 0.6) is 0 Å². The molecule has 86 valence electrons. The topological polar surface area (TPSA) is 17.1 Å². The summed E-state index contributed by atoms with van der Waals surface area (Å²) in [5, 5.41) is 0. The molecule has 0 heterocycles. The third-order valence-electron chi connectivity index (χ3n) is 5.09. The minimum absolute atomic E-state index is 0.263. The van der Waals surface area contributed by atoms with Crippen LogP contribution >= 0.6 is 0 Å². The van der Waals surface area contributed by atoms with E-state index in [1.807, 2.05) is 0 Å². The number of fused-ring (bicyclic) bond motifs is 2. The second-order valence-corrected chi connectivity index (χ2v) is 6.56. The van der Waals surface area contributed by atoms with Crippen LogP contribution in [-0.2, 0) is 4.79 Å². The van der Waals surface area contributed by atoms with E-state index in [0.717, 1.165) is 18.8 Å². The van der Waals surface area contributed by atoms with Gasteiger partial charge in [-0.3, -0.25) is 4.79 Å². The van der Waals surface area contributed by atoms with E-state index in [9.17, 15) is 4.79 Å². The average molecular weight is 208 g/mol. The van der Waals surface area contributed by atoms with Crippen LogP contribution in [0.1, 0.15) is 59.8 Å². The number of carbonyl (C=O) groups is 1. The lowest BCUT2D eigenvalue weighted by Crippen LogP contribution is -2.40. The van der Waals surface area contributed by atoms with Gasteiger partial charge in [-0.1, -0.05) is 27.7 Å². The molecule has 0 aromatic carbocycles. The predicted molar refractivity (Wildman–Crippen MR) is 62.6 cm³/mol. The fourth-order valence-corrected chi connectivity index (χ4v) is 4.50. The Morgan fingerprint density at radius 1 is 1.33 bits per heavy atom. The van der Waals surface area contributed by atoms with E-state index in [1.165, 1.54) is 19.3 Å². The number of Topliss-reactive ketones (excluding diaryl/α,β-unsaturated/α-hetero) is 1. The molecular formula is C14H24O. The Labute approximate surface area is 93.6 Å². The summed E-state index contributed by atoms with van der Waals surface area (Å²) < 4.78 is 0. The fourth-order valence-electron chi connectivity index (χ4n) is 4.50. The highest BCUT2D eigenvalue weighted by atomic mass is 16.1. The Morgan fingerprint density at radius 3 is 2.47 bits per heavy atom. The van der Waals surface area contributed by atoms with Crippen LogP contribution in [-0.4, -0.2) is 5.78 Å². The van der Waals surface area contributed by atoms with E-state index in [2.05, 4.69) is 27.7 Å². The highest BCUT2D eigenvalue weighted by Gasteiger charge is 2.61. The molecule has 0 aromatic rings. The zero-order valence-electron chi connectivity index (χ0n) is 10.6. The molecule has 2 saturated carbocycles. The summed E-state index contributed by atoms with van der Waals surface area (Å²) in [6, 6.07) is 0. The van der Waals surface area contributed by atoms with Gasteiger partial charge in [-0.15, -0.1) is 0 Å². The second kappa shape index (κ2) is 3.33. The minimum Gasteiger partial charge on any atom is -0.299 e. The van der Waals surface area contributed by atoms with E-state index >= 15 is 0 Å². The molecule has 0 saturated heterocycles. The molecule has 0 N–H and O–H groups in total. The fraction of sp³-hybridized carbons (Fsp3) is 0.929. The first kappa shape index (κ1) is 11.2. The van der Waals surface area contributed by atoms with Crippen molar-refractivity contribution in [2.24, 2.45) is 22.7 Å². The molecule has 3 unspecified atom stereocenters. The third kappa shape index (κ3) is 1.46. The summed E-state index contributed by atoms with van der Waals surface area (Å²) in [4.78, 5) is 12.3. The van der Waals surface area contributed by atoms with Gasteiger partial charge in [0, 0.05) is 12.3 Å². The van der Waals surface area contributed by atoms with Gasteiger partial charge in [0.25, 0.3) is 0 Å². The SMILES string of the molecule is CCCC(=O)C1C2(C)CCC(C2)C1(C)C. The highest BCUT2D eigenvalue weighted by molar-refractivity contribution is 5.83. The lowest BCUT2D eigenvalue weighted by atomic mass is 9.62. The van der Waals surface area contributed by atoms with Crippen molar-refractivity contribution in [1.82, 2.24) is 0 Å². The molecule has 0 radical (unpaired) electrons. The van der Waals surface area contributed by atoms with Crippen molar-refractivity contribution in [2.75, 3.05) is 0 Å². The van der Waals surface area contributed by atoms with Crippen molar-refractivity contribution >= 4 is 5.78 Å². The molecule has 2 rings (SSSR count). The van der Waals surface area contributed by atoms with Gasteiger partial charge < -0.3 is 0 Å². The van der Waals surface area contributed by atoms with Gasteiger partial charge in [-0.2, -0.15) is 0 Å². The van der Waals surface area contributed by atoms with E-state index in [1.54, 1.807) is 0 Å². The third-order valence-corrected chi connectivity index (χ3v) is 5.09. The van der Waals surface area contributed by atoms with Crippen LogP contribution in [0.4, 0.5) is 0 Å². The maximum atomic E-state index is 12.3. The van der Waals surface area contributed by atoms with Crippen LogP contribution in [0.3, 0.4) is 0 Å². The van der Waals surface area contributed by atoms with Crippen molar-refractivity contribution in [3.63, 3.8) is 0 Å². The molecule has 1 nitrogen and oxygen atoms in total. The number of rotatable bonds is 3. The molecule has 0 spiro atoms. The lowest BCUT2D eigenvalue weighted by Gasteiger charge is -2.41. The number of hydrogen-bond acceptors (Lipinski definition) is 1. The summed E-state index contributed by atoms with van der Waals surface area (Å²) in [7, 11) is 0. The van der Waals surface area contributed by atoms with Crippen LogP contribution in [0, 0.1) is 22.7 Å². The maximum Gasteiger partial charge on any atom is 0.137 e. The van der Waals surface area contributed by atoms with E-state index in [0.29, 0.717) is 17.1 Å². The maximum absolute atomic E-state index is 12.3. The largest absolute Gasteiger partial charge is 0.299 e. The van der Waals surface area contributed by atoms with Crippen LogP contribution < -0.4 is 0 Å². The quantitative estimate of drug-likeness (QED) is 0.689. The summed E-state index contributed by atoms with van der Waals surface area (Å²) in [5.41, 5.74) is 0.597. The van der Waals surface area contributed by atoms with Crippen molar-refractivity contribution in [2.45, 2.75) is 59.8 Å². The molecule has 2 fully saturated rings. The number of ketones is 1. The van der Waals surface area contributed by atoms with Crippen LogP contribution in [0.2, 0.25) is 0 Å². The van der Waals surface area contributed by atoms with Crippen molar-refractivity contribution in [3.05, 3.63) is 0 Å². The molecule has 1 heteroatoms. The van der Waals surface area contributed by atoms with Crippen molar-refractivity contribution < 1.29 is 4.79 Å². The molecule has 2 aliphatic carbocycles. The number of carbonyl (C=O) groups excluding carboxylic acids is 1. The number of hydrogen-bond donors (Lipinski definition) is 0. The Kier molecular flexibility index (Phi) is 2.48. The van der Waals surface area contributed by atoms with Crippen LogP contribution in [0.15, 0.2) is 0 Å². The summed E-state index contributed by atoms with van der Waals surface area (Å²) in [6.45, 7) is 9.10. The molecule has 2 bridgehead atoms. The van der Waals surface area contributed by atoms with Gasteiger partial charge in [0.05, 0.1) is 0 Å². The second-order valence-electron chi connectivity index (χ2n) is 6.56. The molecular weight excluding hydrogens is 184 g/mol. The van der Waals surface area contributed by atoms with Gasteiger partial charge in [-0.05, 0) is 42.4 Å². The first-order chi connectivity index (χ1) is 6.92. The standard InChI is InChI=1S/C14H24O/c1-5-6-11(15)12-13(2,3)10-7-8-14(12,4)9-10/h10,12H,5-9H2,1-4H3. The highest BCUT2D eigenvalue weighted by Crippen LogP contribution is 2.66.